The van der Waals surface area contributed by atoms with Gasteiger partial charge in [-0.2, -0.15) is 0 Å². The lowest BCUT2D eigenvalue weighted by Gasteiger charge is -2.26. The van der Waals surface area contributed by atoms with E-state index in [4.69, 9.17) is 9.40 Å². The first kappa shape index (κ1) is 29.4. The second-order valence-electron chi connectivity index (χ2n) is 12.4. The van der Waals surface area contributed by atoms with E-state index in [9.17, 15) is 0 Å². The SMILES string of the molecule is c1ccc(-c2ccc(N(c3ccccc3)c3ccc(-c4ccc(-c5cc6oc(-c7ccccc7)nc6c6ccccc56)cc4)cc3)cc2)cc1. The van der Waals surface area contributed by atoms with Crippen LogP contribution in [-0.4, -0.2) is 4.98 Å². The Labute approximate surface area is 291 Å². The van der Waals surface area contributed by atoms with Gasteiger partial charge >= 0.3 is 0 Å². The fraction of sp³-hybridized carbons (Fsp3) is 0. The fourth-order valence-corrected chi connectivity index (χ4v) is 6.80. The third-order valence-corrected chi connectivity index (χ3v) is 9.32. The van der Waals surface area contributed by atoms with Crippen LogP contribution in [0.2, 0.25) is 0 Å². The number of benzene rings is 8. The van der Waals surface area contributed by atoms with Crippen LogP contribution in [0, 0.1) is 0 Å². The summed E-state index contributed by atoms with van der Waals surface area (Å²) in [6.45, 7) is 0. The second kappa shape index (κ2) is 12.7. The Morgan fingerprint density at radius 1 is 0.360 bits per heavy atom. The molecule has 0 aliphatic carbocycles. The van der Waals surface area contributed by atoms with Crippen LogP contribution in [0.1, 0.15) is 0 Å². The average molecular weight is 641 g/mol. The highest BCUT2D eigenvalue weighted by Gasteiger charge is 2.16. The van der Waals surface area contributed by atoms with Crippen molar-refractivity contribution in [2.45, 2.75) is 0 Å². The molecule has 3 heteroatoms. The molecule has 0 unspecified atom stereocenters. The normalized spacial score (nSPS) is 11.2. The van der Waals surface area contributed by atoms with E-state index in [1.54, 1.807) is 0 Å². The van der Waals surface area contributed by atoms with Gasteiger partial charge in [0.2, 0.25) is 5.89 Å². The van der Waals surface area contributed by atoms with Crippen molar-refractivity contribution in [2.75, 3.05) is 4.90 Å². The summed E-state index contributed by atoms with van der Waals surface area (Å²) in [5.41, 5.74) is 13.0. The van der Waals surface area contributed by atoms with Gasteiger partial charge in [0.05, 0.1) is 0 Å². The number of para-hydroxylation sites is 1. The Kier molecular flexibility index (Phi) is 7.49. The lowest BCUT2D eigenvalue weighted by molar-refractivity contribution is 0.620. The predicted molar refractivity (Wildman–Crippen MR) is 208 cm³/mol. The standard InChI is InChI=1S/C47H32N2O/c1-4-12-33(13-5-1)35-24-28-40(29-25-35)49(39-16-8-3-9-17-39)41-30-26-36(27-31-41)34-20-22-37(23-21-34)44-32-45-46(43-19-11-10-18-42(43)44)48-47(50-45)38-14-6-2-7-15-38/h1-32H. The Balaban J connectivity index is 1.03. The van der Waals surface area contributed by atoms with E-state index in [2.05, 4.69) is 169 Å². The molecule has 9 rings (SSSR count). The van der Waals surface area contributed by atoms with E-state index >= 15 is 0 Å². The van der Waals surface area contributed by atoms with Crippen LogP contribution < -0.4 is 4.90 Å². The van der Waals surface area contributed by atoms with Gasteiger partial charge in [-0.25, -0.2) is 4.98 Å². The maximum atomic E-state index is 6.32. The van der Waals surface area contributed by atoms with Crippen LogP contribution in [0.5, 0.6) is 0 Å². The summed E-state index contributed by atoms with van der Waals surface area (Å²) in [6, 6.07) is 68.1. The van der Waals surface area contributed by atoms with Gasteiger partial charge in [-0.1, -0.05) is 140 Å². The van der Waals surface area contributed by atoms with Crippen molar-refractivity contribution in [1.82, 2.24) is 4.98 Å². The van der Waals surface area contributed by atoms with Crippen molar-refractivity contribution >= 4 is 38.9 Å². The maximum absolute atomic E-state index is 6.32. The van der Waals surface area contributed by atoms with Gasteiger partial charge < -0.3 is 9.32 Å². The number of oxazole rings is 1. The summed E-state index contributed by atoms with van der Waals surface area (Å²) in [7, 11) is 0. The molecule has 1 heterocycles. The molecule has 1 aromatic heterocycles. The zero-order valence-electron chi connectivity index (χ0n) is 27.3. The third-order valence-electron chi connectivity index (χ3n) is 9.32. The summed E-state index contributed by atoms with van der Waals surface area (Å²) < 4.78 is 6.32. The zero-order chi connectivity index (χ0) is 33.3. The van der Waals surface area contributed by atoms with Crippen LogP contribution in [0.15, 0.2) is 199 Å². The summed E-state index contributed by atoms with van der Waals surface area (Å²) in [4.78, 5) is 7.21. The molecule has 0 radical (unpaired) electrons. The smallest absolute Gasteiger partial charge is 0.227 e. The largest absolute Gasteiger partial charge is 0.436 e. The lowest BCUT2D eigenvalue weighted by Crippen LogP contribution is -2.09. The molecule has 0 amide bonds. The summed E-state index contributed by atoms with van der Waals surface area (Å²) >= 11 is 0. The van der Waals surface area contributed by atoms with E-state index < -0.39 is 0 Å². The molecule has 0 bridgehead atoms. The highest BCUT2D eigenvalue weighted by atomic mass is 16.3. The maximum Gasteiger partial charge on any atom is 0.227 e. The van der Waals surface area contributed by atoms with E-state index in [0.29, 0.717) is 5.89 Å². The van der Waals surface area contributed by atoms with Gasteiger partial charge in [0.1, 0.15) is 5.52 Å². The molecule has 9 aromatic rings. The number of fused-ring (bicyclic) bond motifs is 3. The number of hydrogen-bond acceptors (Lipinski definition) is 3. The summed E-state index contributed by atoms with van der Waals surface area (Å²) in [5.74, 6) is 0.636. The molecular formula is C47H32N2O. The van der Waals surface area contributed by atoms with E-state index in [1.807, 2.05) is 30.3 Å². The summed E-state index contributed by atoms with van der Waals surface area (Å²) in [5, 5.41) is 2.24. The molecule has 0 fully saturated rings. The molecule has 0 atom stereocenters. The van der Waals surface area contributed by atoms with E-state index in [-0.39, 0.29) is 0 Å². The van der Waals surface area contributed by atoms with Crippen LogP contribution >= 0.6 is 0 Å². The molecule has 0 aliphatic rings. The Bertz CT molecular complexity index is 2540. The second-order valence-corrected chi connectivity index (χ2v) is 12.4. The number of anilines is 3. The molecule has 50 heavy (non-hydrogen) atoms. The zero-order valence-corrected chi connectivity index (χ0v) is 27.3. The molecule has 8 aromatic carbocycles. The minimum absolute atomic E-state index is 0.636. The minimum atomic E-state index is 0.636. The number of hydrogen-bond donors (Lipinski definition) is 0. The van der Waals surface area contributed by atoms with Crippen molar-refractivity contribution in [2.24, 2.45) is 0 Å². The highest BCUT2D eigenvalue weighted by Crippen LogP contribution is 2.39. The number of rotatable bonds is 7. The first-order chi connectivity index (χ1) is 24.8. The Morgan fingerprint density at radius 2 is 0.780 bits per heavy atom. The van der Waals surface area contributed by atoms with Crippen LogP contribution in [0.3, 0.4) is 0 Å². The van der Waals surface area contributed by atoms with Gasteiger partial charge in [-0.05, 0) is 93.4 Å². The highest BCUT2D eigenvalue weighted by molar-refractivity contribution is 6.11. The molecule has 0 N–H and O–H groups in total. The van der Waals surface area contributed by atoms with Gasteiger partial charge in [0.25, 0.3) is 0 Å². The van der Waals surface area contributed by atoms with Crippen LogP contribution in [0.25, 0.3) is 66.7 Å². The van der Waals surface area contributed by atoms with Crippen molar-refractivity contribution < 1.29 is 4.42 Å². The van der Waals surface area contributed by atoms with Gasteiger partial charge in [-0.3, -0.25) is 0 Å². The van der Waals surface area contributed by atoms with Crippen molar-refractivity contribution in [3.63, 3.8) is 0 Å². The third kappa shape index (κ3) is 5.51. The first-order valence-electron chi connectivity index (χ1n) is 16.9. The molecular weight excluding hydrogens is 609 g/mol. The molecule has 0 aliphatic heterocycles. The Hall–Kier alpha value is -6.71. The average Bonchev–Trinajstić information content (AvgIpc) is 3.64. The van der Waals surface area contributed by atoms with Gasteiger partial charge in [-0.15, -0.1) is 0 Å². The molecule has 236 valence electrons. The minimum Gasteiger partial charge on any atom is -0.436 e. The van der Waals surface area contributed by atoms with E-state index in [1.165, 1.54) is 11.1 Å². The van der Waals surface area contributed by atoms with Crippen LogP contribution in [0.4, 0.5) is 17.1 Å². The number of aromatic nitrogens is 1. The molecule has 0 saturated carbocycles. The van der Waals surface area contributed by atoms with Gasteiger partial charge in [0, 0.05) is 28.0 Å². The molecule has 0 saturated heterocycles. The lowest BCUT2D eigenvalue weighted by atomic mass is 9.95. The van der Waals surface area contributed by atoms with Crippen molar-refractivity contribution in [3.8, 4) is 44.8 Å². The molecule has 3 nitrogen and oxygen atoms in total. The van der Waals surface area contributed by atoms with Gasteiger partial charge in [0.15, 0.2) is 5.58 Å². The quantitative estimate of drug-likeness (QED) is 0.174. The topological polar surface area (TPSA) is 29.3 Å². The van der Waals surface area contributed by atoms with E-state index in [0.717, 1.165) is 66.8 Å². The predicted octanol–water partition coefficient (Wildman–Crippen LogP) is 13.1. The van der Waals surface area contributed by atoms with Crippen molar-refractivity contribution in [1.29, 1.82) is 0 Å². The molecule has 0 spiro atoms. The van der Waals surface area contributed by atoms with Crippen LogP contribution in [-0.2, 0) is 0 Å². The first-order valence-corrected chi connectivity index (χ1v) is 16.9. The van der Waals surface area contributed by atoms with Crippen molar-refractivity contribution in [3.05, 3.63) is 194 Å². The summed E-state index contributed by atoms with van der Waals surface area (Å²) in [6.07, 6.45) is 0. The fourth-order valence-electron chi connectivity index (χ4n) is 6.80. The monoisotopic (exact) mass is 640 g/mol. The number of nitrogens with zero attached hydrogens (tertiary/aromatic N) is 2. The Morgan fingerprint density at radius 3 is 1.36 bits per heavy atom.